The van der Waals surface area contributed by atoms with E-state index >= 15 is 0 Å². The van der Waals surface area contributed by atoms with Gasteiger partial charge in [-0.1, -0.05) is 39.5 Å². The molecule has 2 aliphatic carbocycles. The Balaban J connectivity index is 1.83. The van der Waals surface area contributed by atoms with E-state index in [0.717, 1.165) is 19.3 Å². The van der Waals surface area contributed by atoms with Gasteiger partial charge in [0.15, 0.2) is 0 Å². The van der Waals surface area contributed by atoms with E-state index in [2.05, 4.69) is 19.2 Å². The van der Waals surface area contributed by atoms with E-state index in [9.17, 15) is 4.79 Å². The molecule has 0 aromatic heterocycles. The van der Waals surface area contributed by atoms with Crippen LogP contribution in [0.25, 0.3) is 0 Å². The van der Waals surface area contributed by atoms with E-state index in [1.54, 1.807) is 0 Å². The van der Waals surface area contributed by atoms with Crippen LogP contribution in [0.1, 0.15) is 71.6 Å². The molecule has 3 unspecified atom stereocenters. The molecule has 0 aliphatic heterocycles. The van der Waals surface area contributed by atoms with Gasteiger partial charge in [-0.15, -0.1) is 0 Å². The van der Waals surface area contributed by atoms with Crippen molar-refractivity contribution >= 4 is 5.91 Å². The van der Waals surface area contributed by atoms with E-state index in [4.69, 9.17) is 5.73 Å². The molecule has 3 nitrogen and oxygen atoms in total. The number of hydrogen-bond donors (Lipinski definition) is 2. The Morgan fingerprint density at radius 3 is 2.53 bits per heavy atom. The molecule has 0 heterocycles. The molecule has 0 radical (unpaired) electrons. The average molecular weight is 266 g/mol. The number of carbonyl (C=O) groups excluding carboxylic acids is 1. The molecule has 1 amide bonds. The zero-order valence-electron chi connectivity index (χ0n) is 12.6. The summed E-state index contributed by atoms with van der Waals surface area (Å²) in [7, 11) is 0. The first kappa shape index (κ1) is 14.8. The van der Waals surface area contributed by atoms with Crippen LogP contribution in [0.3, 0.4) is 0 Å². The Morgan fingerprint density at radius 2 is 1.84 bits per heavy atom. The summed E-state index contributed by atoms with van der Waals surface area (Å²) < 4.78 is 0. The Hall–Kier alpha value is -0.570. The van der Waals surface area contributed by atoms with Crippen molar-refractivity contribution in [2.45, 2.75) is 83.7 Å². The molecule has 0 aromatic carbocycles. The Labute approximate surface area is 117 Å². The molecule has 110 valence electrons. The van der Waals surface area contributed by atoms with Crippen LogP contribution in [0.15, 0.2) is 0 Å². The lowest BCUT2D eigenvalue weighted by molar-refractivity contribution is -0.124. The molecule has 3 atom stereocenters. The molecule has 19 heavy (non-hydrogen) atoms. The molecule has 0 aromatic rings. The smallest absolute Gasteiger partial charge is 0.220 e. The molecular weight excluding hydrogens is 236 g/mol. The lowest BCUT2D eigenvalue weighted by Gasteiger charge is -2.39. The molecule has 3 N–H and O–H groups in total. The van der Waals surface area contributed by atoms with Gasteiger partial charge in [0.1, 0.15) is 0 Å². The van der Waals surface area contributed by atoms with Gasteiger partial charge in [0, 0.05) is 18.5 Å². The zero-order valence-corrected chi connectivity index (χ0v) is 12.6. The van der Waals surface area contributed by atoms with E-state index in [1.165, 1.54) is 32.1 Å². The van der Waals surface area contributed by atoms with E-state index in [1.807, 2.05) is 0 Å². The van der Waals surface area contributed by atoms with Gasteiger partial charge in [0.2, 0.25) is 5.91 Å². The van der Waals surface area contributed by atoms with Crippen molar-refractivity contribution < 1.29 is 4.79 Å². The maximum absolute atomic E-state index is 12.2. The number of rotatable bonds is 3. The first-order valence-electron chi connectivity index (χ1n) is 8.04. The van der Waals surface area contributed by atoms with Crippen molar-refractivity contribution in [1.29, 1.82) is 0 Å². The van der Waals surface area contributed by atoms with Gasteiger partial charge in [-0.05, 0) is 37.0 Å². The summed E-state index contributed by atoms with van der Waals surface area (Å²) in [5.41, 5.74) is 6.39. The highest BCUT2D eigenvalue weighted by Crippen LogP contribution is 2.35. The number of amides is 1. The van der Waals surface area contributed by atoms with E-state index in [0.29, 0.717) is 18.4 Å². The second kappa shape index (κ2) is 6.25. The van der Waals surface area contributed by atoms with E-state index in [-0.39, 0.29) is 17.4 Å². The molecule has 2 rings (SSSR count). The lowest BCUT2D eigenvalue weighted by Crippen LogP contribution is -2.48. The lowest BCUT2D eigenvalue weighted by atomic mass is 9.73. The zero-order chi connectivity index (χ0) is 13.9. The Morgan fingerprint density at radius 1 is 1.16 bits per heavy atom. The van der Waals surface area contributed by atoms with Crippen molar-refractivity contribution in [2.24, 2.45) is 17.1 Å². The summed E-state index contributed by atoms with van der Waals surface area (Å²) in [6.45, 7) is 4.56. The van der Waals surface area contributed by atoms with E-state index < -0.39 is 0 Å². The molecular formula is C16H30N2O. The number of nitrogens with two attached hydrogens (primary N) is 1. The molecule has 0 spiro atoms. The predicted molar refractivity (Wildman–Crippen MR) is 78.7 cm³/mol. The van der Waals surface area contributed by atoms with Gasteiger partial charge in [-0.3, -0.25) is 4.79 Å². The van der Waals surface area contributed by atoms with Gasteiger partial charge in [-0.25, -0.2) is 0 Å². The minimum atomic E-state index is 0.224. The van der Waals surface area contributed by atoms with Crippen molar-refractivity contribution in [3.8, 4) is 0 Å². The summed E-state index contributed by atoms with van der Waals surface area (Å²) in [5, 5.41) is 3.28. The normalized spacial score (nSPS) is 34.8. The van der Waals surface area contributed by atoms with Crippen LogP contribution in [-0.4, -0.2) is 18.0 Å². The fourth-order valence-electron chi connectivity index (χ4n) is 3.74. The number of nitrogens with one attached hydrogen (secondary N) is 1. The summed E-state index contributed by atoms with van der Waals surface area (Å²) in [5.74, 6) is 0.628. The van der Waals surface area contributed by atoms with Crippen molar-refractivity contribution in [1.82, 2.24) is 5.32 Å². The minimum absolute atomic E-state index is 0.224. The SMILES string of the molecule is CC1(C)CCCCC1NC(=O)CC1CCCCC1N. The highest BCUT2D eigenvalue weighted by atomic mass is 16.1. The second-order valence-electron chi connectivity index (χ2n) is 7.27. The molecule has 2 saturated carbocycles. The maximum atomic E-state index is 12.2. The fraction of sp³-hybridized carbons (Fsp3) is 0.938. The summed E-state index contributed by atoms with van der Waals surface area (Å²) in [6, 6.07) is 0.590. The largest absolute Gasteiger partial charge is 0.353 e. The molecule has 0 saturated heterocycles. The third-order valence-corrected chi connectivity index (χ3v) is 5.26. The van der Waals surface area contributed by atoms with Gasteiger partial charge in [-0.2, -0.15) is 0 Å². The van der Waals surface area contributed by atoms with Crippen LogP contribution < -0.4 is 11.1 Å². The first-order chi connectivity index (χ1) is 8.99. The fourth-order valence-corrected chi connectivity index (χ4v) is 3.74. The summed E-state index contributed by atoms with van der Waals surface area (Å²) >= 11 is 0. The van der Waals surface area contributed by atoms with Crippen LogP contribution in [0, 0.1) is 11.3 Å². The standard InChI is InChI=1S/C16H30N2O/c1-16(2)10-6-5-9-14(16)18-15(19)11-12-7-3-4-8-13(12)17/h12-14H,3-11,17H2,1-2H3,(H,18,19). The summed E-state index contributed by atoms with van der Waals surface area (Å²) in [6.07, 6.45) is 10.2. The monoisotopic (exact) mass is 266 g/mol. The average Bonchev–Trinajstić information content (AvgIpc) is 2.35. The van der Waals surface area contributed by atoms with Crippen LogP contribution in [-0.2, 0) is 4.79 Å². The third kappa shape index (κ3) is 3.95. The number of hydrogen-bond acceptors (Lipinski definition) is 2. The molecule has 2 fully saturated rings. The van der Waals surface area contributed by atoms with Gasteiger partial charge in [0.25, 0.3) is 0 Å². The second-order valence-corrected chi connectivity index (χ2v) is 7.27. The highest BCUT2D eigenvalue weighted by molar-refractivity contribution is 5.76. The minimum Gasteiger partial charge on any atom is -0.353 e. The predicted octanol–water partition coefficient (Wildman–Crippen LogP) is 2.98. The van der Waals surface area contributed by atoms with Crippen molar-refractivity contribution in [2.75, 3.05) is 0 Å². The van der Waals surface area contributed by atoms with Gasteiger partial charge in [0.05, 0.1) is 0 Å². The van der Waals surface area contributed by atoms with Crippen LogP contribution in [0.2, 0.25) is 0 Å². The van der Waals surface area contributed by atoms with Crippen LogP contribution >= 0.6 is 0 Å². The first-order valence-corrected chi connectivity index (χ1v) is 8.04. The maximum Gasteiger partial charge on any atom is 0.220 e. The molecule has 3 heteroatoms. The quantitative estimate of drug-likeness (QED) is 0.825. The van der Waals surface area contributed by atoms with Crippen molar-refractivity contribution in [3.05, 3.63) is 0 Å². The summed E-state index contributed by atoms with van der Waals surface area (Å²) in [4.78, 5) is 12.2. The third-order valence-electron chi connectivity index (χ3n) is 5.26. The molecule has 0 bridgehead atoms. The van der Waals surface area contributed by atoms with Crippen molar-refractivity contribution in [3.63, 3.8) is 0 Å². The van der Waals surface area contributed by atoms with Gasteiger partial charge >= 0.3 is 0 Å². The Kier molecular flexibility index (Phi) is 4.88. The topological polar surface area (TPSA) is 55.1 Å². The van der Waals surface area contributed by atoms with Crippen LogP contribution in [0.4, 0.5) is 0 Å². The number of carbonyl (C=O) groups is 1. The van der Waals surface area contributed by atoms with Gasteiger partial charge < -0.3 is 11.1 Å². The molecule has 2 aliphatic rings. The highest BCUT2D eigenvalue weighted by Gasteiger charge is 2.34. The Bertz CT molecular complexity index is 314. The van der Waals surface area contributed by atoms with Crippen LogP contribution in [0.5, 0.6) is 0 Å².